The molecule has 0 radical (unpaired) electrons. The summed E-state index contributed by atoms with van der Waals surface area (Å²) in [6, 6.07) is 9.05. The topological polar surface area (TPSA) is 78.5 Å². The highest BCUT2D eigenvalue weighted by atomic mass is 31.2. The van der Waals surface area contributed by atoms with E-state index in [2.05, 4.69) is 9.84 Å². The van der Waals surface area contributed by atoms with Gasteiger partial charge in [0.2, 0.25) is 5.91 Å². The van der Waals surface area contributed by atoms with Crippen LogP contribution in [0.1, 0.15) is 12.5 Å². The van der Waals surface area contributed by atoms with E-state index in [0.29, 0.717) is 0 Å². The Hall–Kier alpha value is -1.16. The van der Waals surface area contributed by atoms with Crippen LogP contribution in [0.3, 0.4) is 0 Å². The van der Waals surface area contributed by atoms with Gasteiger partial charge in [0.05, 0.1) is 5.78 Å². The SMILES string of the molecule is COP(=O)([O-])C(Cc1ccccc1)NC(C)=O. The summed E-state index contributed by atoms with van der Waals surface area (Å²) >= 11 is 0. The van der Waals surface area contributed by atoms with Gasteiger partial charge < -0.3 is 19.3 Å². The fourth-order valence-electron chi connectivity index (χ4n) is 1.44. The van der Waals surface area contributed by atoms with Crippen LogP contribution < -0.4 is 10.2 Å². The van der Waals surface area contributed by atoms with Gasteiger partial charge in [0.25, 0.3) is 0 Å². The molecule has 0 heterocycles. The summed E-state index contributed by atoms with van der Waals surface area (Å²) < 4.78 is 16.1. The van der Waals surface area contributed by atoms with E-state index in [1.165, 1.54) is 6.92 Å². The number of rotatable bonds is 5. The fourth-order valence-corrected chi connectivity index (χ4v) is 2.47. The molecule has 0 spiro atoms. The molecule has 0 saturated carbocycles. The molecule has 1 N–H and O–H groups in total. The minimum Gasteiger partial charge on any atom is -0.777 e. The van der Waals surface area contributed by atoms with Gasteiger partial charge in [-0.05, 0) is 5.56 Å². The smallest absolute Gasteiger partial charge is 0.217 e. The van der Waals surface area contributed by atoms with Gasteiger partial charge in [-0.1, -0.05) is 30.3 Å². The molecule has 94 valence electrons. The Labute approximate surface area is 100 Å². The van der Waals surface area contributed by atoms with Crippen LogP contribution >= 0.6 is 7.60 Å². The van der Waals surface area contributed by atoms with Crippen LogP contribution in [0.5, 0.6) is 0 Å². The second-order valence-electron chi connectivity index (χ2n) is 3.63. The first-order valence-electron chi connectivity index (χ1n) is 5.13. The number of hydrogen-bond donors (Lipinski definition) is 1. The second-order valence-corrected chi connectivity index (χ2v) is 5.70. The van der Waals surface area contributed by atoms with Gasteiger partial charge in [0, 0.05) is 20.5 Å². The first-order chi connectivity index (χ1) is 7.95. The van der Waals surface area contributed by atoms with Crippen molar-refractivity contribution in [3.8, 4) is 0 Å². The second kappa shape index (κ2) is 5.96. The maximum Gasteiger partial charge on any atom is 0.217 e. The van der Waals surface area contributed by atoms with E-state index in [4.69, 9.17) is 0 Å². The minimum absolute atomic E-state index is 0.190. The van der Waals surface area contributed by atoms with Crippen LogP contribution in [0.2, 0.25) is 0 Å². The quantitative estimate of drug-likeness (QED) is 0.793. The van der Waals surface area contributed by atoms with E-state index >= 15 is 0 Å². The van der Waals surface area contributed by atoms with Crippen molar-refractivity contribution in [2.45, 2.75) is 19.1 Å². The van der Waals surface area contributed by atoms with Crippen molar-refractivity contribution in [1.29, 1.82) is 0 Å². The Morgan fingerprint density at radius 1 is 1.47 bits per heavy atom. The van der Waals surface area contributed by atoms with Crippen molar-refractivity contribution in [3.63, 3.8) is 0 Å². The number of carbonyl (C=O) groups excluding carboxylic acids is 1. The number of carbonyl (C=O) groups is 1. The predicted octanol–water partition coefficient (Wildman–Crippen LogP) is 0.891. The molecule has 1 aromatic rings. The van der Waals surface area contributed by atoms with Crippen molar-refractivity contribution >= 4 is 13.5 Å². The summed E-state index contributed by atoms with van der Waals surface area (Å²) in [7, 11) is -2.99. The third-order valence-electron chi connectivity index (χ3n) is 2.28. The van der Waals surface area contributed by atoms with E-state index in [9.17, 15) is 14.3 Å². The monoisotopic (exact) mass is 256 g/mol. The van der Waals surface area contributed by atoms with Crippen molar-refractivity contribution in [3.05, 3.63) is 35.9 Å². The lowest BCUT2D eigenvalue weighted by Crippen LogP contribution is -2.38. The highest BCUT2D eigenvalue weighted by Crippen LogP contribution is 2.41. The van der Waals surface area contributed by atoms with Crippen molar-refractivity contribution in [2.75, 3.05) is 7.11 Å². The largest absolute Gasteiger partial charge is 0.777 e. The number of nitrogens with one attached hydrogen (secondary N) is 1. The third kappa shape index (κ3) is 4.30. The van der Waals surface area contributed by atoms with Crippen molar-refractivity contribution in [2.24, 2.45) is 0 Å². The molecule has 1 amide bonds. The van der Waals surface area contributed by atoms with Gasteiger partial charge in [0.1, 0.15) is 0 Å². The molecule has 0 aliphatic heterocycles. The lowest BCUT2D eigenvalue weighted by molar-refractivity contribution is -0.200. The first-order valence-corrected chi connectivity index (χ1v) is 6.74. The zero-order valence-electron chi connectivity index (χ0n) is 9.75. The molecule has 0 saturated heterocycles. The molecule has 0 aromatic heterocycles. The Bertz CT molecular complexity index is 421. The van der Waals surface area contributed by atoms with Crippen molar-refractivity contribution in [1.82, 2.24) is 5.32 Å². The number of benzene rings is 1. The molecule has 2 unspecified atom stereocenters. The van der Waals surface area contributed by atoms with E-state index in [0.717, 1.165) is 12.7 Å². The lowest BCUT2D eigenvalue weighted by atomic mass is 10.1. The molecule has 0 aliphatic carbocycles. The molecule has 1 rings (SSSR count). The van der Waals surface area contributed by atoms with Gasteiger partial charge >= 0.3 is 0 Å². The van der Waals surface area contributed by atoms with Crippen LogP contribution in [0, 0.1) is 0 Å². The number of hydrogen-bond acceptors (Lipinski definition) is 4. The zero-order chi connectivity index (χ0) is 12.9. The molecule has 0 fully saturated rings. The molecular weight excluding hydrogens is 241 g/mol. The molecule has 17 heavy (non-hydrogen) atoms. The Kier molecular flexibility index (Phi) is 4.87. The first kappa shape index (κ1) is 13.9. The maximum atomic E-state index is 11.6. The van der Waals surface area contributed by atoms with Crippen LogP contribution in [0.25, 0.3) is 0 Å². The van der Waals surface area contributed by atoms with E-state index < -0.39 is 19.3 Å². The predicted molar refractivity (Wildman–Crippen MR) is 62.4 cm³/mol. The van der Waals surface area contributed by atoms with Crippen LogP contribution in [-0.4, -0.2) is 18.8 Å². The number of amides is 1. The van der Waals surface area contributed by atoms with Crippen LogP contribution in [0.15, 0.2) is 30.3 Å². The maximum absolute atomic E-state index is 11.6. The van der Waals surface area contributed by atoms with Gasteiger partial charge in [0.15, 0.2) is 7.60 Å². The molecule has 1 aromatic carbocycles. The summed E-state index contributed by atoms with van der Waals surface area (Å²) in [5, 5.41) is 2.38. The average Bonchev–Trinajstić information content (AvgIpc) is 2.29. The van der Waals surface area contributed by atoms with E-state index in [1.807, 2.05) is 18.2 Å². The van der Waals surface area contributed by atoms with E-state index in [-0.39, 0.29) is 6.42 Å². The molecule has 5 nitrogen and oxygen atoms in total. The summed E-state index contributed by atoms with van der Waals surface area (Å²) in [6.07, 6.45) is 0.190. The highest BCUT2D eigenvalue weighted by molar-refractivity contribution is 7.52. The highest BCUT2D eigenvalue weighted by Gasteiger charge is 2.23. The third-order valence-corrected chi connectivity index (χ3v) is 3.86. The lowest BCUT2D eigenvalue weighted by Gasteiger charge is -2.31. The summed E-state index contributed by atoms with van der Waals surface area (Å²) in [5.41, 5.74) is 0.819. The molecular formula is C11H15NO4P-. The standard InChI is InChI=1S/C11H16NO4P/c1-9(13)12-11(17(14,15)16-2)8-10-6-4-3-5-7-10/h3-7,11H,8H2,1-2H3,(H,12,13)(H,14,15)/p-1. The van der Waals surface area contributed by atoms with Crippen LogP contribution in [0.4, 0.5) is 0 Å². The zero-order valence-corrected chi connectivity index (χ0v) is 10.6. The van der Waals surface area contributed by atoms with Crippen LogP contribution in [-0.2, 0) is 20.3 Å². The summed E-state index contributed by atoms with van der Waals surface area (Å²) in [4.78, 5) is 22.6. The Morgan fingerprint density at radius 3 is 2.53 bits per heavy atom. The van der Waals surface area contributed by atoms with E-state index in [1.54, 1.807) is 12.1 Å². The molecule has 0 aliphatic rings. The average molecular weight is 256 g/mol. The fraction of sp³-hybridized carbons (Fsp3) is 0.364. The molecule has 6 heteroatoms. The Morgan fingerprint density at radius 2 is 2.06 bits per heavy atom. The minimum atomic E-state index is -4.08. The summed E-state index contributed by atoms with van der Waals surface area (Å²) in [6.45, 7) is 1.27. The van der Waals surface area contributed by atoms with Gasteiger partial charge in [-0.15, -0.1) is 0 Å². The summed E-state index contributed by atoms with van der Waals surface area (Å²) in [5.74, 6) is -1.44. The van der Waals surface area contributed by atoms with Gasteiger partial charge in [-0.3, -0.25) is 4.79 Å². The van der Waals surface area contributed by atoms with Gasteiger partial charge in [-0.2, -0.15) is 0 Å². The van der Waals surface area contributed by atoms with Crippen molar-refractivity contribution < 1.29 is 18.8 Å². The normalized spacial score (nSPS) is 15.9. The molecule has 2 atom stereocenters. The Balaban J connectivity index is 2.85. The van der Waals surface area contributed by atoms with Gasteiger partial charge in [-0.25, -0.2) is 0 Å². The molecule has 0 bridgehead atoms.